The van der Waals surface area contributed by atoms with Crippen molar-refractivity contribution < 1.29 is 22.7 Å². The monoisotopic (exact) mass is 485 g/mol. The number of benzene rings is 2. The minimum Gasteiger partial charge on any atom is -0.494 e. The van der Waals surface area contributed by atoms with E-state index in [-0.39, 0.29) is 29.8 Å². The van der Waals surface area contributed by atoms with Gasteiger partial charge in [-0.3, -0.25) is 14.5 Å². The number of hydrogen-bond acceptors (Lipinski definition) is 6. The molecular formula is C25H31N3O5S. The number of piperidine rings is 1. The number of sulfonamides is 1. The Hall–Kier alpha value is -2.91. The van der Waals surface area contributed by atoms with Crippen LogP contribution in [0.15, 0.2) is 48.5 Å². The van der Waals surface area contributed by atoms with Gasteiger partial charge in [-0.05, 0) is 68.8 Å². The van der Waals surface area contributed by atoms with E-state index in [1.54, 1.807) is 12.1 Å². The molecule has 2 aliphatic rings. The van der Waals surface area contributed by atoms with E-state index in [0.717, 1.165) is 41.5 Å². The first-order valence-corrected chi connectivity index (χ1v) is 13.4. The largest absolute Gasteiger partial charge is 0.494 e. The van der Waals surface area contributed by atoms with Crippen LogP contribution in [0.5, 0.6) is 5.75 Å². The van der Waals surface area contributed by atoms with Crippen molar-refractivity contribution in [2.45, 2.75) is 38.6 Å². The highest BCUT2D eigenvalue weighted by atomic mass is 32.2. The molecule has 0 aromatic heterocycles. The lowest BCUT2D eigenvalue weighted by molar-refractivity contribution is -0.116. The second kappa shape index (κ2) is 10.6. The van der Waals surface area contributed by atoms with Crippen molar-refractivity contribution in [3.05, 3.63) is 59.7 Å². The molecule has 0 unspecified atom stereocenters. The topological polar surface area (TPSA) is 96.0 Å². The van der Waals surface area contributed by atoms with Gasteiger partial charge in [0.05, 0.1) is 24.1 Å². The molecule has 2 fully saturated rings. The summed E-state index contributed by atoms with van der Waals surface area (Å²) in [5.74, 6) is -0.171. The number of carbonyl (C=O) groups is 2. The van der Waals surface area contributed by atoms with Crippen molar-refractivity contribution >= 4 is 27.5 Å². The van der Waals surface area contributed by atoms with Crippen LogP contribution >= 0.6 is 0 Å². The minimum absolute atomic E-state index is 0.0173. The highest BCUT2D eigenvalue weighted by Gasteiger charge is 2.36. The second-order valence-corrected chi connectivity index (χ2v) is 10.5. The maximum absolute atomic E-state index is 13.0. The van der Waals surface area contributed by atoms with Gasteiger partial charge in [0.25, 0.3) is 5.91 Å². The quantitative estimate of drug-likeness (QED) is 0.617. The van der Waals surface area contributed by atoms with Crippen LogP contribution in [0.1, 0.15) is 54.6 Å². The SMILES string of the molecule is CCOc1ccc([C@@H](CNC(=O)c2cccc(N3C(=O)CCS3(=O)=O)c2)N2CCCCC2)cc1. The first-order valence-electron chi connectivity index (χ1n) is 11.8. The van der Waals surface area contributed by atoms with Crippen LogP contribution in [0.25, 0.3) is 0 Å². The number of anilines is 1. The van der Waals surface area contributed by atoms with Crippen LogP contribution in [-0.2, 0) is 14.8 Å². The Morgan fingerprint density at radius 2 is 1.82 bits per heavy atom. The zero-order chi connectivity index (χ0) is 24.1. The van der Waals surface area contributed by atoms with Crippen molar-refractivity contribution in [1.29, 1.82) is 0 Å². The summed E-state index contributed by atoms with van der Waals surface area (Å²) in [6, 6.07) is 14.2. The second-order valence-electron chi connectivity index (χ2n) is 8.60. The molecule has 2 aliphatic heterocycles. The Bertz CT molecular complexity index is 1130. The van der Waals surface area contributed by atoms with Crippen LogP contribution in [0.4, 0.5) is 5.69 Å². The molecule has 0 spiro atoms. The lowest BCUT2D eigenvalue weighted by Crippen LogP contribution is -2.40. The summed E-state index contributed by atoms with van der Waals surface area (Å²) >= 11 is 0. The number of nitrogens with one attached hydrogen (secondary N) is 1. The Morgan fingerprint density at radius 1 is 1.09 bits per heavy atom. The summed E-state index contributed by atoms with van der Waals surface area (Å²) < 4.78 is 30.9. The average Bonchev–Trinajstić information content (AvgIpc) is 3.13. The number of nitrogens with zero attached hydrogens (tertiary/aromatic N) is 2. The Kier molecular flexibility index (Phi) is 7.53. The van der Waals surface area contributed by atoms with Gasteiger partial charge >= 0.3 is 0 Å². The number of amides is 2. The van der Waals surface area contributed by atoms with Gasteiger partial charge in [-0.1, -0.05) is 24.6 Å². The predicted octanol–water partition coefficient (Wildman–Crippen LogP) is 3.11. The molecule has 0 saturated carbocycles. The lowest BCUT2D eigenvalue weighted by atomic mass is 10.0. The summed E-state index contributed by atoms with van der Waals surface area (Å²) in [4.78, 5) is 27.5. The zero-order valence-electron chi connectivity index (χ0n) is 19.4. The predicted molar refractivity (Wildman–Crippen MR) is 130 cm³/mol. The average molecular weight is 486 g/mol. The van der Waals surface area contributed by atoms with E-state index in [2.05, 4.69) is 10.2 Å². The zero-order valence-corrected chi connectivity index (χ0v) is 20.2. The molecule has 0 aliphatic carbocycles. The van der Waals surface area contributed by atoms with Gasteiger partial charge in [0, 0.05) is 18.5 Å². The molecule has 2 amide bonds. The van der Waals surface area contributed by atoms with E-state index in [1.165, 1.54) is 18.6 Å². The third kappa shape index (κ3) is 5.42. The van der Waals surface area contributed by atoms with E-state index < -0.39 is 15.9 Å². The fraction of sp³-hybridized carbons (Fsp3) is 0.440. The van der Waals surface area contributed by atoms with Crippen molar-refractivity contribution in [3.63, 3.8) is 0 Å². The summed E-state index contributed by atoms with van der Waals surface area (Å²) in [6.45, 7) is 4.91. The summed E-state index contributed by atoms with van der Waals surface area (Å²) in [7, 11) is -3.68. The molecular weight excluding hydrogens is 454 g/mol. The molecule has 1 N–H and O–H groups in total. The van der Waals surface area contributed by atoms with Crippen molar-refractivity contribution in [1.82, 2.24) is 10.2 Å². The van der Waals surface area contributed by atoms with Gasteiger partial charge in [-0.2, -0.15) is 0 Å². The van der Waals surface area contributed by atoms with Crippen molar-refractivity contribution in [2.24, 2.45) is 0 Å². The Morgan fingerprint density at radius 3 is 2.47 bits per heavy atom. The highest BCUT2D eigenvalue weighted by Crippen LogP contribution is 2.28. The molecule has 4 rings (SSSR count). The molecule has 2 heterocycles. The van der Waals surface area contributed by atoms with E-state index in [9.17, 15) is 18.0 Å². The van der Waals surface area contributed by atoms with Crippen LogP contribution in [0.2, 0.25) is 0 Å². The van der Waals surface area contributed by atoms with Crippen LogP contribution < -0.4 is 14.4 Å². The number of ether oxygens (including phenoxy) is 1. The summed E-state index contributed by atoms with van der Waals surface area (Å²) in [6.07, 6.45) is 3.42. The van der Waals surface area contributed by atoms with Crippen molar-refractivity contribution in [3.8, 4) is 5.75 Å². The van der Waals surface area contributed by atoms with Crippen LogP contribution in [0, 0.1) is 0 Å². The molecule has 182 valence electrons. The molecule has 0 bridgehead atoms. The number of carbonyl (C=O) groups excluding carboxylic acids is 2. The first kappa shape index (κ1) is 24.2. The molecule has 9 heteroatoms. The van der Waals surface area contributed by atoms with Crippen molar-refractivity contribution in [2.75, 3.05) is 36.3 Å². The normalized spacial score (nSPS) is 19.1. The fourth-order valence-electron chi connectivity index (χ4n) is 4.57. The third-order valence-corrected chi connectivity index (χ3v) is 7.98. The smallest absolute Gasteiger partial charge is 0.251 e. The Balaban J connectivity index is 1.50. The molecule has 1 atom stereocenters. The van der Waals surface area contributed by atoms with E-state index >= 15 is 0 Å². The molecule has 2 aromatic carbocycles. The van der Waals surface area contributed by atoms with Gasteiger partial charge in [0.15, 0.2) is 0 Å². The molecule has 2 saturated heterocycles. The lowest BCUT2D eigenvalue weighted by Gasteiger charge is -2.35. The van der Waals surface area contributed by atoms with Crippen LogP contribution in [-0.4, -0.2) is 57.1 Å². The van der Waals surface area contributed by atoms with E-state index in [4.69, 9.17) is 4.74 Å². The third-order valence-electron chi connectivity index (χ3n) is 6.28. The highest BCUT2D eigenvalue weighted by molar-refractivity contribution is 7.94. The summed E-state index contributed by atoms with van der Waals surface area (Å²) in [5.41, 5.74) is 1.62. The van der Waals surface area contributed by atoms with E-state index in [1.807, 2.05) is 31.2 Å². The Labute approximate surface area is 200 Å². The van der Waals surface area contributed by atoms with Gasteiger partial charge in [-0.15, -0.1) is 0 Å². The number of hydrogen-bond donors (Lipinski definition) is 1. The number of likely N-dealkylation sites (tertiary alicyclic amines) is 1. The first-order chi connectivity index (χ1) is 16.4. The van der Waals surface area contributed by atoms with Crippen LogP contribution in [0.3, 0.4) is 0 Å². The fourth-order valence-corrected chi connectivity index (χ4v) is 6.03. The maximum atomic E-state index is 13.0. The van der Waals surface area contributed by atoms with Gasteiger partial charge in [-0.25, -0.2) is 12.7 Å². The number of rotatable bonds is 8. The minimum atomic E-state index is -3.68. The molecule has 2 aromatic rings. The maximum Gasteiger partial charge on any atom is 0.251 e. The standard InChI is InChI=1S/C25H31N3O5S/c1-2-33-22-11-9-19(10-12-22)23(27-14-4-3-5-15-27)18-26-25(30)20-7-6-8-21(17-20)28-24(29)13-16-34(28,31)32/h6-12,17,23H,2-5,13-16,18H2,1H3,(H,26,30)/t23-/m1/s1. The van der Waals surface area contributed by atoms with E-state index in [0.29, 0.717) is 18.7 Å². The van der Waals surface area contributed by atoms with Gasteiger partial charge in [0.2, 0.25) is 15.9 Å². The molecule has 8 nitrogen and oxygen atoms in total. The molecule has 0 radical (unpaired) electrons. The summed E-state index contributed by atoms with van der Waals surface area (Å²) in [5, 5.41) is 3.02. The van der Waals surface area contributed by atoms with Gasteiger partial charge in [0.1, 0.15) is 5.75 Å². The van der Waals surface area contributed by atoms with Gasteiger partial charge < -0.3 is 10.1 Å². The molecule has 34 heavy (non-hydrogen) atoms.